The number of rotatable bonds is 4. The Kier molecular flexibility index (Phi) is 4.66. The number of aromatic hydroxyl groups is 1. The zero-order valence-corrected chi connectivity index (χ0v) is 17.1. The van der Waals surface area contributed by atoms with Crippen LogP contribution in [0.1, 0.15) is 40.9 Å². The van der Waals surface area contributed by atoms with Crippen molar-refractivity contribution in [1.82, 2.24) is 9.88 Å². The van der Waals surface area contributed by atoms with Gasteiger partial charge in [-0.05, 0) is 37.1 Å². The van der Waals surface area contributed by atoms with Crippen molar-refractivity contribution < 1.29 is 18.7 Å². The second-order valence-corrected chi connectivity index (χ2v) is 7.90. The van der Waals surface area contributed by atoms with Gasteiger partial charge in [0.1, 0.15) is 11.5 Å². The molecule has 31 heavy (non-hydrogen) atoms. The van der Waals surface area contributed by atoms with Gasteiger partial charge in [-0.25, -0.2) is 0 Å². The molecule has 1 aliphatic rings. The molecule has 7 nitrogen and oxygen atoms in total. The zero-order chi connectivity index (χ0) is 21.5. The molecule has 0 spiro atoms. The van der Waals surface area contributed by atoms with Gasteiger partial charge in [-0.15, -0.1) is 0 Å². The van der Waals surface area contributed by atoms with Crippen molar-refractivity contribution in [2.75, 3.05) is 6.54 Å². The van der Waals surface area contributed by atoms with E-state index in [-0.39, 0.29) is 18.1 Å². The van der Waals surface area contributed by atoms with Crippen molar-refractivity contribution in [1.29, 1.82) is 0 Å². The van der Waals surface area contributed by atoms with Crippen molar-refractivity contribution in [3.05, 3.63) is 87.5 Å². The van der Waals surface area contributed by atoms with Crippen LogP contribution in [0.3, 0.4) is 0 Å². The van der Waals surface area contributed by atoms with Crippen LogP contribution in [0.25, 0.3) is 10.9 Å². The molecule has 158 valence electrons. The predicted molar refractivity (Wildman–Crippen MR) is 114 cm³/mol. The van der Waals surface area contributed by atoms with Crippen molar-refractivity contribution in [3.63, 3.8) is 0 Å². The number of furan rings is 1. The molecular weight excluding hydrogens is 396 g/mol. The van der Waals surface area contributed by atoms with Crippen molar-refractivity contribution in [2.45, 2.75) is 32.2 Å². The third kappa shape index (κ3) is 3.42. The summed E-state index contributed by atoms with van der Waals surface area (Å²) in [6.07, 6.45) is 2.28. The lowest BCUT2D eigenvalue weighted by atomic mass is 9.96. The predicted octanol–water partition coefficient (Wildman–Crippen LogP) is 3.84. The van der Waals surface area contributed by atoms with Gasteiger partial charge in [-0.1, -0.05) is 18.2 Å². The van der Waals surface area contributed by atoms with Gasteiger partial charge < -0.3 is 23.8 Å². The van der Waals surface area contributed by atoms with E-state index in [1.54, 1.807) is 24.0 Å². The smallest absolute Gasteiger partial charge is 0.227 e. The summed E-state index contributed by atoms with van der Waals surface area (Å²) in [5.74, 6) is -0.412. The summed E-state index contributed by atoms with van der Waals surface area (Å²) < 4.78 is 11.2. The molecule has 2 N–H and O–H groups in total. The molecule has 0 aliphatic carbocycles. The summed E-state index contributed by atoms with van der Waals surface area (Å²) in [7, 11) is 0. The highest BCUT2D eigenvalue weighted by Gasteiger charge is 2.31. The van der Waals surface area contributed by atoms with Crippen LogP contribution in [0.4, 0.5) is 0 Å². The Morgan fingerprint density at radius 2 is 2.10 bits per heavy atom. The van der Waals surface area contributed by atoms with E-state index >= 15 is 0 Å². The molecule has 3 aromatic heterocycles. The Morgan fingerprint density at radius 3 is 2.90 bits per heavy atom. The average Bonchev–Trinajstić information content (AvgIpc) is 3.42. The van der Waals surface area contributed by atoms with Crippen LogP contribution in [0.15, 0.2) is 62.4 Å². The molecule has 0 radical (unpaired) electrons. The maximum atomic E-state index is 13.3. The summed E-state index contributed by atoms with van der Waals surface area (Å²) in [5.41, 5.74) is 2.83. The Labute approximate surface area is 177 Å². The van der Waals surface area contributed by atoms with Crippen LogP contribution in [-0.4, -0.2) is 27.4 Å². The number of benzene rings is 1. The molecule has 0 saturated carbocycles. The summed E-state index contributed by atoms with van der Waals surface area (Å²) >= 11 is 0. The van der Waals surface area contributed by atoms with E-state index in [0.29, 0.717) is 24.6 Å². The first-order valence-electron chi connectivity index (χ1n) is 10.2. The molecular formula is C24H22N2O5. The molecule has 4 heterocycles. The van der Waals surface area contributed by atoms with Gasteiger partial charge in [0, 0.05) is 35.6 Å². The molecule has 0 saturated heterocycles. The number of aryl methyl sites for hydroxylation is 1. The van der Waals surface area contributed by atoms with Crippen molar-refractivity contribution >= 4 is 16.8 Å². The molecule has 1 atom stereocenters. The number of H-pyrrole nitrogens is 1. The number of carbonyl (C=O) groups excluding carboxylic acids is 1. The zero-order valence-electron chi connectivity index (χ0n) is 17.1. The van der Waals surface area contributed by atoms with Gasteiger partial charge in [0.15, 0.2) is 5.76 Å². The normalized spacial score (nSPS) is 14.5. The van der Waals surface area contributed by atoms with Crippen molar-refractivity contribution in [3.8, 4) is 5.75 Å². The number of aromatic amines is 1. The van der Waals surface area contributed by atoms with E-state index in [1.807, 2.05) is 18.2 Å². The quantitative estimate of drug-likeness (QED) is 0.525. The van der Waals surface area contributed by atoms with E-state index < -0.39 is 17.1 Å². The van der Waals surface area contributed by atoms with Gasteiger partial charge in [0.25, 0.3) is 0 Å². The third-order valence-corrected chi connectivity index (χ3v) is 5.89. The monoisotopic (exact) mass is 418 g/mol. The highest BCUT2D eigenvalue weighted by atomic mass is 16.4. The Morgan fingerprint density at radius 1 is 1.26 bits per heavy atom. The summed E-state index contributed by atoms with van der Waals surface area (Å²) in [6.45, 7) is 2.72. The van der Waals surface area contributed by atoms with Crippen LogP contribution < -0.4 is 5.43 Å². The summed E-state index contributed by atoms with van der Waals surface area (Å²) in [4.78, 5) is 30.6. The fourth-order valence-electron chi connectivity index (χ4n) is 4.38. The molecule has 0 bridgehead atoms. The highest BCUT2D eigenvalue weighted by molar-refractivity contribution is 5.85. The number of nitrogens with one attached hydrogen (secondary N) is 1. The molecule has 0 unspecified atom stereocenters. The van der Waals surface area contributed by atoms with E-state index in [2.05, 4.69) is 11.1 Å². The first-order valence-corrected chi connectivity index (χ1v) is 10.2. The summed E-state index contributed by atoms with van der Waals surface area (Å²) in [6, 6.07) is 12.8. The van der Waals surface area contributed by atoms with E-state index in [9.17, 15) is 14.7 Å². The number of hydrogen-bond acceptors (Lipinski definition) is 5. The minimum atomic E-state index is -0.695. The number of aromatic nitrogens is 1. The fraction of sp³-hybridized carbons (Fsp3) is 0.250. The topological polar surface area (TPSA) is 99.7 Å². The second-order valence-electron chi connectivity index (χ2n) is 7.90. The van der Waals surface area contributed by atoms with Crippen LogP contribution >= 0.6 is 0 Å². The third-order valence-electron chi connectivity index (χ3n) is 5.89. The Bertz CT molecular complexity index is 1320. The molecule has 5 rings (SSSR count). The van der Waals surface area contributed by atoms with Crippen LogP contribution in [0, 0.1) is 6.92 Å². The molecule has 0 fully saturated rings. The largest absolute Gasteiger partial charge is 0.502 e. The highest BCUT2D eigenvalue weighted by Crippen LogP contribution is 2.35. The number of hydrogen-bond donors (Lipinski definition) is 2. The minimum absolute atomic E-state index is 0.0169. The average molecular weight is 418 g/mol. The van der Waals surface area contributed by atoms with Crippen LogP contribution in [-0.2, 0) is 17.8 Å². The van der Waals surface area contributed by atoms with E-state index in [4.69, 9.17) is 8.83 Å². The molecule has 1 aliphatic heterocycles. The lowest BCUT2D eigenvalue weighted by molar-refractivity contribution is -0.132. The molecule has 1 aromatic carbocycles. The lowest BCUT2D eigenvalue weighted by Gasteiger charge is -2.28. The number of para-hydroxylation sites is 1. The van der Waals surface area contributed by atoms with Crippen molar-refractivity contribution in [2.24, 2.45) is 0 Å². The van der Waals surface area contributed by atoms with Gasteiger partial charge in [-0.2, -0.15) is 0 Å². The number of carbonyl (C=O) groups is 1. The number of fused-ring (bicyclic) bond motifs is 3. The van der Waals surface area contributed by atoms with Gasteiger partial charge >= 0.3 is 0 Å². The van der Waals surface area contributed by atoms with Crippen LogP contribution in [0.5, 0.6) is 5.75 Å². The first kappa shape index (κ1) is 19.2. The Balaban J connectivity index is 1.44. The minimum Gasteiger partial charge on any atom is -0.502 e. The second kappa shape index (κ2) is 7.50. The Hall–Kier alpha value is -3.74. The van der Waals surface area contributed by atoms with Gasteiger partial charge in [-0.3, -0.25) is 9.59 Å². The van der Waals surface area contributed by atoms with Gasteiger partial charge in [0.05, 0.1) is 18.7 Å². The van der Waals surface area contributed by atoms with E-state index in [1.165, 1.54) is 23.3 Å². The van der Waals surface area contributed by atoms with Crippen LogP contribution in [0.2, 0.25) is 0 Å². The van der Waals surface area contributed by atoms with E-state index in [0.717, 1.165) is 17.6 Å². The number of nitrogens with zero attached hydrogens (tertiary/aromatic N) is 1. The molecule has 1 amide bonds. The lowest BCUT2D eigenvalue weighted by Crippen LogP contribution is -2.36. The SMILES string of the molecule is Cc1cc(=O)c(O)c([C@H](CC(=O)N2CCc3c([nH]c4ccccc34)C2)c2ccco2)o1. The molecule has 4 aromatic rings. The first-order chi connectivity index (χ1) is 15.0. The maximum absolute atomic E-state index is 13.3. The fourth-order valence-corrected chi connectivity index (χ4v) is 4.38. The maximum Gasteiger partial charge on any atom is 0.227 e. The summed E-state index contributed by atoms with van der Waals surface area (Å²) in [5, 5.41) is 11.5. The molecule has 7 heteroatoms. The van der Waals surface area contributed by atoms with Gasteiger partial charge in [0.2, 0.25) is 17.1 Å². The standard InChI is InChI=1S/C24H22N2O5/c1-14-11-20(27)23(29)24(31-14)17(21-7-4-10-30-21)12-22(28)26-9-8-16-15-5-2-3-6-18(15)25-19(16)13-26/h2-7,10-11,17,25,29H,8-9,12-13H2,1H3/t17-/m1/s1. The number of amides is 1.